The summed E-state index contributed by atoms with van der Waals surface area (Å²) in [4.78, 5) is 28.1. The molecule has 2 rings (SSSR count). The van der Waals surface area contributed by atoms with Gasteiger partial charge in [0.25, 0.3) is 5.91 Å². The third kappa shape index (κ3) is 3.43. The quantitative estimate of drug-likeness (QED) is 0.931. The van der Waals surface area contributed by atoms with Crippen molar-refractivity contribution < 1.29 is 14.7 Å². The second-order valence-electron chi connectivity index (χ2n) is 4.32. The number of thiazole rings is 1. The molecule has 0 aliphatic rings. The number of benzene rings is 1. The molecule has 6 nitrogen and oxygen atoms in total. The molecule has 0 saturated heterocycles. The highest BCUT2D eigenvalue weighted by Crippen LogP contribution is 2.14. The normalized spacial score (nSPS) is 9.90. The van der Waals surface area contributed by atoms with Crippen LogP contribution in [-0.4, -0.2) is 33.9 Å². The fraction of sp³-hybridized carbons (Fsp3) is 0.143. The predicted molar refractivity (Wildman–Crippen MR) is 76.0 cm³/mol. The van der Waals surface area contributed by atoms with Crippen LogP contribution in [0.5, 0.6) is 0 Å². The fourth-order valence-corrected chi connectivity index (χ4v) is 2.50. The van der Waals surface area contributed by atoms with Crippen LogP contribution < -0.4 is 0 Å². The molecule has 0 atom stereocenters. The number of carbonyl (C=O) groups is 2. The highest BCUT2D eigenvalue weighted by Gasteiger charge is 2.18. The number of rotatable bonds is 4. The lowest BCUT2D eigenvalue weighted by Gasteiger charge is -2.15. The van der Waals surface area contributed by atoms with Crippen molar-refractivity contribution in [3.05, 3.63) is 51.5 Å². The van der Waals surface area contributed by atoms with Crippen molar-refractivity contribution in [1.29, 1.82) is 5.26 Å². The number of nitrogens with zero attached hydrogens (tertiary/aromatic N) is 3. The average molecular weight is 301 g/mol. The van der Waals surface area contributed by atoms with Gasteiger partial charge in [-0.15, -0.1) is 11.3 Å². The first-order valence-electron chi connectivity index (χ1n) is 5.94. The Kier molecular flexibility index (Phi) is 4.30. The summed E-state index contributed by atoms with van der Waals surface area (Å²) in [6.45, 7) is 0.316. The summed E-state index contributed by atoms with van der Waals surface area (Å²) in [5, 5.41) is 19.1. The Morgan fingerprint density at radius 1 is 1.48 bits per heavy atom. The maximum absolute atomic E-state index is 12.2. The van der Waals surface area contributed by atoms with Crippen LogP contribution in [0.4, 0.5) is 0 Å². The highest BCUT2D eigenvalue weighted by molar-refractivity contribution is 7.11. The van der Waals surface area contributed by atoms with Crippen LogP contribution >= 0.6 is 11.3 Å². The molecule has 0 radical (unpaired) electrons. The van der Waals surface area contributed by atoms with E-state index >= 15 is 0 Å². The molecule has 0 saturated carbocycles. The van der Waals surface area contributed by atoms with Gasteiger partial charge in [0.2, 0.25) is 0 Å². The van der Waals surface area contributed by atoms with Crippen LogP contribution in [0.3, 0.4) is 0 Å². The summed E-state index contributed by atoms with van der Waals surface area (Å²) in [5.41, 5.74) is 1.21. The van der Waals surface area contributed by atoms with Gasteiger partial charge in [-0.05, 0) is 17.7 Å². The van der Waals surface area contributed by atoms with Gasteiger partial charge in [0.05, 0.1) is 11.6 Å². The maximum atomic E-state index is 12.2. The molecule has 7 heteroatoms. The lowest BCUT2D eigenvalue weighted by atomic mass is 10.1. The van der Waals surface area contributed by atoms with Gasteiger partial charge < -0.3 is 10.0 Å². The number of aromatic carboxylic acids is 1. The molecule has 1 aromatic carbocycles. The van der Waals surface area contributed by atoms with Crippen molar-refractivity contribution in [2.45, 2.75) is 6.54 Å². The number of nitriles is 1. The molecule has 1 amide bonds. The molecule has 1 aromatic heterocycles. The molecule has 106 valence electrons. The van der Waals surface area contributed by atoms with Crippen molar-refractivity contribution >= 4 is 23.2 Å². The van der Waals surface area contributed by atoms with Crippen LogP contribution in [0.1, 0.15) is 31.4 Å². The minimum absolute atomic E-state index is 0.131. The first-order chi connectivity index (χ1) is 10.0. The molecule has 0 spiro atoms. The number of carbonyl (C=O) groups excluding carboxylic acids is 1. The number of hydrogen-bond acceptors (Lipinski definition) is 5. The zero-order valence-electron chi connectivity index (χ0n) is 11.1. The Balaban J connectivity index is 2.11. The van der Waals surface area contributed by atoms with Gasteiger partial charge >= 0.3 is 5.97 Å². The molecular formula is C14H11N3O3S. The Hall–Kier alpha value is -2.72. The Morgan fingerprint density at radius 2 is 2.24 bits per heavy atom. The molecule has 1 heterocycles. The largest absolute Gasteiger partial charge is 0.476 e. The molecule has 2 aromatic rings. The number of amides is 1. The van der Waals surface area contributed by atoms with Gasteiger partial charge in [-0.25, -0.2) is 9.78 Å². The SMILES string of the molecule is CN(Cc1cccc(C#N)c1)C(=O)c1nc(C(=O)O)cs1. The summed E-state index contributed by atoms with van der Waals surface area (Å²) in [7, 11) is 1.60. The van der Waals surface area contributed by atoms with Crippen molar-refractivity contribution in [2.75, 3.05) is 7.05 Å². The van der Waals surface area contributed by atoms with Gasteiger partial charge in [0, 0.05) is 19.0 Å². The van der Waals surface area contributed by atoms with E-state index in [-0.39, 0.29) is 16.6 Å². The molecule has 0 fully saturated rings. The minimum Gasteiger partial charge on any atom is -0.476 e. The first-order valence-corrected chi connectivity index (χ1v) is 6.82. The summed E-state index contributed by atoms with van der Waals surface area (Å²) < 4.78 is 0. The number of carboxylic acids is 1. The third-order valence-corrected chi connectivity index (χ3v) is 3.56. The monoisotopic (exact) mass is 301 g/mol. The van der Waals surface area contributed by atoms with E-state index < -0.39 is 5.97 Å². The van der Waals surface area contributed by atoms with Crippen molar-refractivity contribution in [1.82, 2.24) is 9.88 Å². The van der Waals surface area contributed by atoms with E-state index in [1.165, 1.54) is 10.3 Å². The van der Waals surface area contributed by atoms with Gasteiger partial charge in [0.1, 0.15) is 0 Å². The van der Waals surface area contributed by atoms with E-state index in [0.29, 0.717) is 12.1 Å². The fourth-order valence-electron chi connectivity index (χ4n) is 1.72. The summed E-state index contributed by atoms with van der Waals surface area (Å²) in [5.74, 6) is -1.51. The number of hydrogen-bond donors (Lipinski definition) is 1. The first kappa shape index (κ1) is 14.7. The topological polar surface area (TPSA) is 94.3 Å². The van der Waals surface area contributed by atoms with E-state index in [0.717, 1.165) is 16.9 Å². The van der Waals surface area contributed by atoms with E-state index in [1.54, 1.807) is 25.2 Å². The molecule has 0 bridgehead atoms. The second kappa shape index (κ2) is 6.15. The van der Waals surface area contributed by atoms with Crippen LogP contribution in [0, 0.1) is 11.3 Å². The Labute approximate surface area is 124 Å². The van der Waals surface area contributed by atoms with E-state index in [2.05, 4.69) is 4.98 Å². The molecule has 0 aliphatic heterocycles. The highest BCUT2D eigenvalue weighted by atomic mass is 32.1. The van der Waals surface area contributed by atoms with Crippen molar-refractivity contribution in [2.24, 2.45) is 0 Å². The standard InChI is InChI=1S/C14H11N3O3S/c1-17(7-10-4-2-3-9(5-10)6-15)13(18)12-16-11(8-21-12)14(19)20/h2-5,8H,7H2,1H3,(H,19,20). The van der Waals surface area contributed by atoms with Crippen LogP contribution in [0.2, 0.25) is 0 Å². The van der Waals surface area contributed by atoms with Crippen LogP contribution in [0.15, 0.2) is 29.6 Å². The number of carboxylic acid groups (broad SMARTS) is 1. The van der Waals surface area contributed by atoms with Crippen molar-refractivity contribution in [3.8, 4) is 6.07 Å². The minimum atomic E-state index is -1.16. The predicted octanol–water partition coefficient (Wildman–Crippen LogP) is 1.99. The molecule has 1 N–H and O–H groups in total. The van der Waals surface area contributed by atoms with E-state index in [4.69, 9.17) is 10.4 Å². The Bertz CT molecular complexity index is 733. The lowest BCUT2D eigenvalue weighted by Crippen LogP contribution is -2.26. The van der Waals surface area contributed by atoms with Gasteiger partial charge in [-0.3, -0.25) is 4.79 Å². The van der Waals surface area contributed by atoms with Gasteiger partial charge in [-0.2, -0.15) is 5.26 Å². The van der Waals surface area contributed by atoms with E-state index in [9.17, 15) is 9.59 Å². The lowest BCUT2D eigenvalue weighted by molar-refractivity contribution is 0.0691. The maximum Gasteiger partial charge on any atom is 0.355 e. The van der Waals surface area contributed by atoms with Crippen LogP contribution in [-0.2, 0) is 6.54 Å². The second-order valence-corrected chi connectivity index (χ2v) is 5.17. The third-order valence-electron chi connectivity index (χ3n) is 2.73. The molecule has 0 unspecified atom stereocenters. The summed E-state index contributed by atoms with van der Waals surface area (Å²) in [6, 6.07) is 8.99. The van der Waals surface area contributed by atoms with Gasteiger partial charge in [0.15, 0.2) is 10.7 Å². The Morgan fingerprint density at radius 3 is 2.86 bits per heavy atom. The van der Waals surface area contributed by atoms with Crippen molar-refractivity contribution in [3.63, 3.8) is 0 Å². The van der Waals surface area contributed by atoms with E-state index in [1.807, 2.05) is 12.1 Å². The zero-order valence-corrected chi connectivity index (χ0v) is 11.9. The molecular weight excluding hydrogens is 290 g/mol. The smallest absolute Gasteiger partial charge is 0.355 e. The van der Waals surface area contributed by atoms with Crippen LogP contribution in [0.25, 0.3) is 0 Å². The molecule has 0 aliphatic carbocycles. The zero-order chi connectivity index (χ0) is 15.4. The number of aromatic nitrogens is 1. The summed E-state index contributed by atoms with van der Waals surface area (Å²) in [6.07, 6.45) is 0. The average Bonchev–Trinajstić information content (AvgIpc) is 2.96. The summed E-state index contributed by atoms with van der Waals surface area (Å²) >= 11 is 0.997. The van der Waals surface area contributed by atoms with Gasteiger partial charge in [-0.1, -0.05) is 12.1 Å². The molecule has 21 heavy (non-hydrogen) atoms.